The number of ether oxygens (including phenoxy) is 1. The molecule has 4 heteroatoms. The summed E-state index contributed by atoms with van der Waals surface area (Å²) in [5.41, 5.74) is 7.22. The minimum atomic E-state index is -0.351. The quantitative estimate of drug-likeness (QED) is 0.820. The lowest BCUT2D eigenvalue weighted by molar-refractivity contribution is 0.281. The first-order chi connectivity index (χ1) is 8.60. The van der Waals surface area contributed by atoms with E-state index < -0.39 is 0 Å². The molecule has 0 radical (unpaired) electrons. The average Bonchev–Trinajstić information content (AvgIpc) is 2.37. The van der Waals surface area contributed by atoms with Crippen molar-refractivity contribution in [3.63, 3.8) is 0 Å². The van der Waals surface area contributed by atoms with Crippen LogP contribution in [0.2, 0.25) is 0 Å². The Labute approximate surface area is 105 Å². The van der Waals surface area contributed by atoms with Crippen molar-refractivity contribution in [2.24, 2.45) is 0 Å². The van der Waals surface area contributed by atoms with Crippen molar-refractivity contribution in [3.8, 4) is 11.5 Å². The van der Waals surface area contributed by atoms with Gasteiger partial charge in [0.05, 0.1) is 12.3 Å². The largest absolute Gasteiger partial charge is 0.455 e. The molecule has 0 atom stereocenters. The molecule has 0 aliphatic rings. The summed E-state index contributed by atoms with van der Waals surface area (Å²) >= 11 is 0. The van der Waals surface area contributed by atoms with Gasteiger partial charge in [0.25, 0.3) is 0 Å². The van der Waals surface area contributed by atoms with E-state index in [1.165, 1.54) is 6.07 Å². The Bertz CT molecular complexity index is 552. The van der Waals surface area contributed by atoms with Gasteiger partial charge in [0.2, 0.25) is 0 Å². The lowest BCUT2D eigenvalue weighted by Gasteiger charge is -2.10. The molecule has 0 aromatic heterocycles. The Kier molecular flexibility index (Phi) is 3.48. The van der Waals surface area contributed by atoms with E-state index in [0.29, 0.717) is 17.1 Å². The molecule has 0 amide bonds. The summed E-state index contributed by atoms with van der Waals surface area (Å²) in [4.78, 5) is 0. The van der Waals surface area contributed by atoms with E-state index in [-0.39, 0.29) is 18.1 Å². The van der Waals surface area contributed by atoms with Gasteiger partial charge in [-0.25, -0.2) is 4.39 Å². The molecule has 0 heterocycles. The van der Waals surface area contributed by atoms with E-state index in [2.05, 4.69) is 0 Å². The maximum Gasteiger partial charge on any atom is 0.150 e. The standard InChI is InChI=1S/C14H14FNO2/c1-9-6-14(13(16)7-12(9)15)18-11-4-2-10(8-17)3-5-11/h2-7,17H,8,16H2,1H3. The van der Waals surface area contributed by atoms with Crippen LogP contribution < -0.4 is 10.5 Å². The molecule has 18 heavy (non-hydrogen) atoms. The van der Waals surface area contributed by atoms with Gasteiger partial charge in [0.15, 0.2) is 5.75 Å². The lowest BCUT2D eigenvalue weighted by atomic mass is 10.2. The zero-order valence-corrected chi connectivity index (χ0v) is 9.98. The van der Waals surface area contributed by atoms with Gasteiger partial charge in [-0.05, 0) is 36.2 Å². The highest BCUT2D eigenvalue weighted by atomic mass is 19.1. The zero-order valence-electron chi connectivity index (χ0n) is 9.98. The SMILES string of the molecule is Cc1cc(Oc2ccc(CO)cc2)c(N)cc1F. The van der Waals surface area contributed by atoms with Gasteiger partial charge in [-0.1, -0.05) is 12.1 Å². The fourth-order valence-corrected chi connectivity index (χ4v) is 1.55. The van der Waals surface area contributed by atoms with Gasteiger partial charge >= 0.3 is 0 Å². The molecular formula is C14H14FNO2. The topological polar surface area (TPSA) is 55.5 Å². The number of hydrogen-bond donors (Lipinski definition) is 2. The molecule has 0 spiro atoms. The molecule has 3 N–H and O–H groups in total. The van der Waals surface area contributed by atoms with Crippen LogP contribution in [0.15, 0.2) is 36.4 Å². The van der Waals surface area contributed by atoms with Crippen LogP contribution in [0.3, 0.4) is 0 Å². The normalized spacial score (nSPS) is 10.4. The summed E-state index contributed by atoms with van der Waals surface area (Å²) in [6.07, 6.45) is 0. The maximum absolute atomic E-state index is 13.2. The number of nitrogen functional groups attached to an aromatic ring is 1. The second-order valence-corrected chi connectivity index (χ2v) is 4.04. The van der Waals surface area contributed by atoms with E-state index in [1.807, 2.05) is 0 Å². The summed E-state index contributed by atoms with van der Waals surface area (Å²) in [6.45, 7) is 1.63. The molecule has 94 valence electrons. The van der Waals surface area contributed by atoms with Gasteiger partial charge in [-0.3, -0.25) is 0 Å². The molecule has 0 saturated heterocycles. The highest BCUT2D eigenvalue weighted by Crippen LogP contribution is 2.29. The molecule has 2 aromatic carbocycles. The minimum Gasteiger partial charge on any atom is -0.455 e. The van der Waals surface area contributed by atoms with Crippen molar-refractivity contribution < 1.29 is 14.2 Å². The summed E-state index contributed by atoms with van der Waals surface area (Å²) < 4.78 is 18.8. The first-order valence-electron chi connectivity index (χ1n) is 5.53. The molecule has 0 unspecified atom stereocenters. The molecule has 2 rings (SSSR count). The second kappa shape index (κ2) is 5.06. The Morgan fingerprint density at radius 1 is 1.22 bits per heavy atom. The van der Waals surface area contributed by atoms with Crippen molar-refractivity contribution in [2.45, 2.75) is 13.5 Å². The summed E-state index contributed by atoms with van der Waals surface area (Å²) in [5.74, 6) is 0.658. The molecular weight excluding hydrogens is 233 g/mol. The van der Waals surface area contributed by atoms with Gasteiger partial charge in [0, 0.05) is 6.07 Å². The van der Waals surface area contributed by atoms with Gasteiger partial charge in [0.1, 0.15) is 11.6 Å². The highest BCUT2D eigenvalue weighted by molar-refractivity contribution is 5.55. The number of aliphatic hydroxyl groups is 1. The second-order valence-electron chi connectivity index (χ2n) is 4.04. The molecule has 0 saturated carbocycles. The number of halogens is 1. The Morgan fingerprint density at radius 3 is 2.50 bits per heavy atom. The van der Waals surface area contributed by atoms with E-state index in [4.69, 9.17) is 15.6 Å². The van der Waals surface area contributed by atoms with Gasteiger partial charge in [-0.2, -0.15) is 0 Å². The smallest absolute Gasteiger partial charge is 0.150 e. The summed E-state index contributed by atoms with van der Waals surface area (Å²) in [5, 5.41) is 8.93. The van der Waals surface area contributed by atoms with Crippen LogP contribution >= 0.6 is 0 Å². The maximum atomic E-state index is 13.2. The number of aryl methyl sites for hydroxylation is 1. The van der Waals surface area contributed by atoms with Crippen LogP contribution in [-0.4, -0.2) is 5.11 Å². The van der Waals surface area contributed by atoms with Crippen molar-refractivity contribution in [3.05, 3.63) is 53.3 Å². The minimum absolute atomic E-state index is 0.0158. The fourth-order valence-electron chi connectivity index (χ4n) is 1.55. The van der Waals surface area contributed by atoms with Crippen LogP contribution in [-0.2, 0) is 6.61 Å². The number of anilines is 1. The summed E-state index contributed by atoms with van der Waals surface area (Å²) in [7, 11) is 0. The van der Waals surface area contributed by atoms with Crippen molar-refractivity contribution >= 4 is 5.69 Å². The van der Waals surface area contributed by atoms with E-state index in [1.54, 1.807) is 37.3 Å². The average molecular weight is 247 g/mol. The number of rotatable bonds is 3. The molecule has 3 nitrogen and oxygen atoms in total. The van der Waals surface area contributed by atoms with Crippen LogP contribution in [0.1, 0.15) is 11.1 Å². The Hall–Kier alpha value is -2.07. The van der Waals surface area contributed by atoms with E-state index in [0.717, 1.165) is 5.56 Å². The molecule has 0 aliphatic carbocycles. The fraction of sp³-hybridized carbons (Fsp3) is 0.143. The Balaban J connectivity index is 2.25. The molecule has 0 bridgehead atoms. The van der Waals surface area contributed by atoms with E-state index in [9.17, 15) is 4.39 Å². The molecule has 2 aromatic rings. The predicted molar refractivity (Wildman–Crippen MR) is 68.0 cm³/mol. The lowest BCUT2D eigenvalue weighted by Crippen LogP contribution is -1.95. The number of hydrogen-bond acceptors (Lipinski definition) is 3. The summed E-state index contributed by atoms with van der Waals surface area (Å²) in [6, 6.07) is 9.76. The Morgan fingerprint density at radius 2 is 1.89 bits per heavy atom. The van der Waals surface area contributed by atoms with Crippen molar-refractivity contribution in [2.75, 3.05) is 5.73 Å². The van der Waals surface area contributed by atoms with Crippen molar-refractivity contribution in [1.82, 2.24) is 0 Å². The first kappa shape index (κ1) is 12.4. The number of nitrogens with two attached hydrogens (primary N) is 1. The third-order valence-electron chi connectivity index (χ3n) is 2.62. The third-order valence-corrected chi connectivity index (χ3v) is 2.62. The molecule has 0 fully saturated rings. The predicted octanol–water partition coefficient (Wildman–Crippen LogP) is 3.00. The molecule has 0 aliphatic heterocycles. The van der Waals surface area contributed by atoms with Crippen LogP contribution in [0, 0.1) is 12.7 Å². The van der Waals surface area contributed by atoms with Crippen LogP contribution in [0.5, 0.6) is 11.5 Å². The van der Waals surface area contributed by atoms with Gasteiger partial charge < -0.3 is 15.6 Å². The third kappa shape index (κ3) is 2.60. The van der Waals surface area contributed by atoms with Gasteiger partial charge in [-0.15, -0.1) is 0 Å². The first-order valence-corrected chi connectivity index (χ1v) is 5.53. The van der Waals surface area contributed by atoms with Crippen LogP contribution in [0.25, 0.3) is 0 Å². The zero-order chi connectivity index (χ0) is 13.1. The monoisotopic (exact) mass is 247 g/mol. The van der Waals surface area contributed by atoms with Crippen molar-refractivity contribution in [1.29, 1.82) is 0 Å². The number of benzene rings is 2. The highest BCUT2D eigenvalue weighted by Gasteiger charge is 2.07. The number of aliphatic hydroxyl groups excluding tert-OH is 1. The van der Waals surface area contributed by atoms with Crippen LogP contribution in [0.4, 0.5) is 10.1 Å². The van der Waals surface area contributed by atoms with E-state index >= 15 is 0 Å².